The first kappa shape index (κ1) is 47.3. The SMILES string of the molecule is CCCCCCCCCCCCCCCCCCCCCCC(=O)OC(COCCC(C(=O)[O-])[N+](C)(C)C)COC(=O)CCCCCCC. The van der Waals surface area contributed by atoms with Crippen molar-refractivity contribution in [3.8, 4) is 0 Å². The van der Waals surface area contributed by atoms with E-state index in [1.165, 1.54) is 109 Å². The van der Waals surface area contributed by atoms with E-state index in [1.54, 1.807) is 21.1 Å². The first-order valence-corrected chi connectivity index (χ1v) is 20.6. The van der Waals surface area contributed by atoms with Crippen molar-refractivity contribution in [2.75, 3.05) is 41.0 Å². The van der Waals surface area contributed by atoms with Gasteiger partial charge in [-0.2, -0.15) is 0 Å². The molecule has 0 radical (unpaired) electrons. The van der Waals surface area contributed by atoms with Gasteiger partial charge in [-0.1, -0.05) is 162 Å². The average Bonchev–Trinajstić information content (AvgIpc) is 3.05. The third kappa shape index (κ3) is 32.0. The Hall–Kier alpha value is -1.67. The summed E-state index contributed by atoms with van der Waals surface area (Å²) in [5.41, 5.74) is 0. The molecule has 0 aliphatic carbocycles. The molecule has 2 atom stereocenters. The molecule has 0 aliphatic heterocycles. The van der Waals surface area contributed by atoms with Crippen LogP contribution in [0, 0.1) is 0 Å². The molecule has 0 N–H and O–H groups in total. The molecular formula is C41H79NO7. The molecular weight excluding hydrogens is 618 g/mol. The largest absolute Gasteiger partial charge is 0.544 e. The second kappa shape index (κ2) is 33.5. The highest BCUT2D eigenvalue weighted by Gasteiger charge is 2.25. The zero-order chi connectivity index (χ0) is 36.4. The third-order valence-electron chi connectivity index (χ3n) is 9.49. The molecule has 49 heavy (non-hydrogen) atoms. The molecule has 0 spiro atoms. The first-order chi connectivity index (χ1) is 23.6. The fourth-order valence-electron chi connectivity index (χ4n) is 6.25. The van der Waals surface area contributed by atoms with Gasteiger partial charge in [-0.05, 0) is 12.8 Å². The molecule has 0 aliphatic rings. The summed E-state index contributed by atoms with van der Waals surface area (Å²) in [6.07, 6.45) is 31.7. The van der Waals surface area contributed by atoms with Crippen molar-refractivity contribution in [1.29, 1.82) is 0 Å². The monoisotopic (exact) mass is 698 g/mol. The van der Waals surface area contributed by atoms with Crippen molar-refractivity contribution < 1.29 is 38.2 Å². The highest BCUT2D eigenvalue weighted by molar-refractivity contribution is 5.70. The van der Waals surface area contributed by atoms with E-state index >= 15 is 0 Å². The van der Waals surface area contributed by atoms with Gasteiger partial charge in [0.15, 0.2) is 6.10 Å². The Labute approximate surface area is 302 Å². The number of quaternary nitrogens is 1. The number of nitrogens with zero attached hydrogens (tertiary/aromatic N) is 1. The Bertz CT molecular complexity index is 782. The number of carbonyl (C=O) groups is 3. The Kier molecular flexibility index (Phi) is 32.3. The van der Waals surface area contributed by atoms with E-state index in [9.17, 15) is 19.5 Å². The van der Waals surface area contributed by atoms with E-state index in [0.717, 1.165) is 51.4 Å². The molecule has 0 heterocycles. The van der Waals surface area contributed by atoms with Crippen LogP contribution in [0.2, 0.25) is 0 Å². The molecule has 0 aromatic heterocycles. The first-order valence-electron chi connectivity index (χ1n) is 20.6. The number of ether oxygens (including phenoxy) is 3. The van der Waals surface area contributed by atoms with Gasteiger partial charge in [-0.25, -0.2) is 0 Å². The molecule has 2 unspecified atom stereocenters. The van der Waals surface area contributed by atoms with E-state index in [4.69, 9.17) is 14.2 Å². The van der Waals surface area contributed by atoms with Gasteiger partial charge in [0.2, 0.25) is 0 Å². The molecule has 290 valence electrons. The fraction of sp³-hybridized carbons (Fsp3) is 0.927. The summed E-state index contributed by atoms with van der Waals surface area (Å²) >= 11 is 0. The molecule has 0 saturated carbocycles. The molecule has 8 heteroatoms. The van der Waals surface area contributed by atoms with Gasteiger partial charge in [0.1, 0.15) is 12.6 Å². The lowest BCUT2D eigenvalue weighted by Gasteiger charge is -2.34. The smallest absolute Gasteiger partial charge is 0.306 e. The summed E-state index contributed by atoms with van der Waals surface area (Å²) in [6.45, 7) is 4.60. The van der Waals surface area contributed by atoms with Crippen LogP contribution in [-0.2, 0) is 28.6 Å². The lowest BCUT2D eigenvalue weighted by molar-refractivity contribution is -0.889. The molecule has 0 fully saturated rings. The van der Waals surface area contributed by atoms with Crippen LogP contribution in [0.15, 0.2) is 0 Å². The Morgan fingerprint density at radius 2 is 0.898 bits per heavy atom. The van der Waals surface area contributed by atoms with Gasteiger partial charge in [0.05, 0.1) is 40.3 Å². The number of esters is 2. The lowest BCUT2D eigenvalue weighted by atomic mass is 10.0. The predicted molar refractivity (Wildman–Crippen MR) is 199 cm³/mol. The van der Waals surface area contributed by atoms with Crippen LogP contribution in [0.1, 0.15) is 194 Å². The van der Waals surface area contributed by atoms with Gasteiger partial charge < -0.3 is 28.6 Å². The quantitative estimate of drug-likeness (QED) is 0.0362. The second-order valence-electron chi connectivity index (χ2n) is 15.2. The number of carboxylic acid groups (broad SMARTS) is 1. The van der Waals surface area contributed by atoms with Crippen LogP contribution in [0.5, 0.6) is 0 Å². The van der Waals surface area contributed by atoms with Crippen molar-refractivity contribution in [1.82, 2.24) is 0 Å². The summed E-state index contributed by atoms with van der Waals surface area (Å²) in [7, 11) is 5.40. The fourth-order valence-corrected chi connectivity index (χ4v) is 6.25. The average molecular weight is 698 g/mol. The zero-order valence-corrected chi connectivity index (χ0v) is 32.9. The number of rotatable bonds is 37. The van der Waals surface area contributed by atoms with Gasteiger partial charge in [0, 0.05) is 19.3 Å². The topological polar surface area (TPSA) is 102 Å². The Balaban J connectivity index is 4.11. The van der Waals surface area contributed by atoms with Crippen molar-refractivity contribution in [3.63, 3.8) is 0 Å². The van der Waals surface area contributed by atoms with E-state index < -0.39 is 18.1 Å². The molecule has 0 aromatic rings. The van der Waals surface area contributed by atoms with E-state index in [1.807, 2.05) is 0 Å². The summed E-state index contributed by atoms with van der Waals surface area (Å²) < 4.78 is 17.0. The lowest BCUT2D eigenvalue weighted by Crippen LogP contribution is -2.55. The maximum absolute atomic E-state index is 12.6. The molecule has 0 amide bonds. The number of hydrogen-bond donors (Lipinski definition) is 0. The maximum atomic E-state index is 12.6. The molecule has 0 aromatic carbocycles. The minimum atomic E-state index is -1.12. The maximum Gasteiger partial charge on any atom is 0.306 e. The molecule has 0 bridgehead atoms. The zero-order valence-electron chi connectivity index (χ0n) is 32.9. The minimum Gasteiger partial charge on any atom is -0.544 e. The van der Waals surface area contributed by atoms with Crippen molar-refractivity contribution in [2.45, 2.75) is 206 Å². The van der Waals surface area contributed by atoms with Crippen LogP contribution >= 0.6 is 0 Å². The Morgan fingerprint density at radius 1 is 0.531 bits per heavy atom. The normalized spacial score (nSPS) is 12.9. The van der Waals surface area contributed by atoms with Crippen LogP contribution in [0.4, 0.5) is 0 Å². The standard InChI is InChI=1S/C41H79NO7/c1-6-8-10-12-13-14-15-16-17-18-19-20-21-22-23-24-25-26-28-30-32-40(44)49-37(36-48-39(43)31-29-27-11-9-7-2)35-47-34-33-38(41(45)46)42(3,4)5/h37-38H,6-36H2,1-5H3. The highest BCUT2D eigenvalue weighted by atomic mass is 16.6. The summed E-state index contributed by atoms with van der Waals surface area (Å²) in [6, 6.07) is -0.717. The van der Waals surface area contributed by atoms with Gasteiger partial charge in [-0.3, -0.25) is 9.59 Å². The second-order valence-corrected chi connectivity index (χ2v) is 15.2. The summed E-state index contributed by atoms with van der Waals surface area (Å²) in [4.78, 5) is 36.4. The van der Waals surface area contributed by atoms with E-state index in [0.29, 0.717) is 12.8 Å². The third-order valence-corrected chi connectivity index (χ3v) is 9.49. The highest BCUT2D eigenvalue weighted by Crippen LogP contribution is 2.16. The van der Waals surface area contributed by atoms with Crippen molar-refractivity contribution in [2.24, 2.45) is 0 Å². The van der Waals surface area contributed by atoms with Gasteiger partial charge in [0.25, 0.3) is 0 Å². The number of carboxylic acids is 1. The van der Waals surface area contributed by atoms with Gasteiger partial charge in [-0.15, -0.1) is 0 Å². The van der Waals surface area contributed by atoms with Crippen LogP contribution in [0.3, 0.4) is 0 Å². The number of unbranched alkanes of at least 4 members (excludes halogenated alkanes) is 23. The number of hydrogen-bond acceptors (Lipinski definition) is 7. The summed E-state index contributed by atoms with van der Waals surface area (Å²) in [5.74, 6) is -1.74. The molecule has 0 rings (SSSR count). The van der Waals surface area contributed by atoms with Crippen LogP contribution in [-0.4, -0.2) is 75.5 Å². The Morgan fingerprint density at radius 3 is 1.27 bits per heavy atom. The number of likely N-dealkylation sites (N-methyl/N-ethyl adjacent to an activating group) is 1. The predicted octanol–water partition coefficient (Wildman–Crippen LogP) is 9.25. The van der Waals surface area contributed by atoms with Crippen molar-refractivity contribution in [3.05, 3.63) is 0 Å². The number of aliphatic carboxylic acids is 1. The molecule has 0 saturated heterocycles. The van der Waals surface area contributed by atoms with E-state index in [-0.39, 0.29) is 42.7 Å². The van der Waals surface area contributed by atoms with Crippen LogP contribution in [0.25, 0.3) is 0 Å². The van der Waals surface area contributed by atoms with Crippen molar-refractivity contribution >= 4 is 17.9 Å². The van der Waals surface area contributed by atoms with Gasteiger partial charge >= 0.3 is 11.9 Å². The molecule has 8 nitrogen and oxygen atoms in total. The van der Waals surface area contributed by atoms with E-state index in [2.05, 4.69) is 13.8 Å². The summed E-state index contributed by atoms with van der Waals surface area (Å²) in [5, 5.41) is 11.5. The number of carbonyl (C=O) groups excluding carboxylic acids is 3. The minimum absolute atomic E-state index is 0.0473. The van der Waals surface area contributed by atoms with Crippen LogP contribution < -0.4 is 5.11 Å².